The Balaban J connectivity index is 1.13. The standard InChI is InChI=1S/C62H110N5O10P/c1-20-40(8)53(66(17)57(71)51(38(4)5)64-56(70)52(39(6)7)65(15)16)45(75-18)36-49(68)67-35-21-22-44(67)54(76-19)41(9)55(69)63-34-33-62-30-25-42(37(2)3)50(62)43-23-24-47-59(12)28-27-48(77-78(72,73)74)58(10,11)46(59)26-29-61(47,14)60(43,13)31-32-62/h38-48,50-54H,2,20-36H2,1,3-19H3,(H,63,69)(H,64,70)(H2,72,73,74)/t40-,41+,42?,43?,44?,45+,46?,47?,48-,50?,51?,52-,53-,54+,59-,60+,61+,62+/m0/s1. The second-order valence-corrected chi connectivity index (χ2v) is 29.7. The molecule has 6 rings (SSSR count). The molecular weight excluding hydrogens is 1010 g/mol. The molecule has 0 bridgehead atoms. The fourth-order valence-electron chi connectivity index (χ4n) is 19.0. The summed E-state index contributed by atoms with van der Waals surface area (Å²) in [6.07, 6.45) is 12.2. The number of carbonyl (C=O) groups excluding carboxylic acids is 4. The number of rotatable bonds is 23. The van der Waals surface area contributed by atoms with Crippen LogP contribution in [0, 0.1) is 80.3 Å². The lowest BCUT2D eigenvalue weighted by molar-refractivity contribution is -0.246. The van der Waals surface area contributed by atoms with Gasteiger partial charge in [-0.3, -0.25) is 28.6 Å². The van der Waals surface area contributed by atoms with Gasteiger partial charge in [0.25, 0.3) is 0 Å². The molecule has 6 fully saturated rings. The number of nitrogens with zero attached hydrogens (tertiary/aromatic N) is 3. The zero-order valence-electron chi connectivity index (χ0n) is 51.9. The predicted octanol–water partition coefficient (Wildman–Crippen LogP) is 10.3. The molecule has 5 saturated carbocycles. The van der Waals surface area contributed by atoms with Gasteiger partial charge in [0.15, 0.2) is 0 Å². The lowest BCUT2D eigenvalue weighted by Gasteiger charge is -2.73. The Morgan fingerprint density at radius 1 is 0.808 bits per heavy atom. The van der Waals surface area contributed by atoms with Gasteiger partial charge in [-0.2, -0.15) is 0 Å². The topological polar surface area (TPSA) is 187 Å². The zero-order valence-corrected chi connectivity index (χ0v) is 52.8. The van der Waals surface area contributed by atoms with Gasteiger partial charge in [0, 0.05) is 34.4 Å². The lowest BCUT2D eigenvalue weighted by Crippen LogP contribution is -2.66. The molecule has 1 heterocycles. The smallest absolute Gasteiger partial charge is 0.379 e. The third kappa shape index (κ3) is 12.2. The quantitative estimate of drug-likeness (QED) is 0.0563. The molecule has 5 aliphatic carbocycles. The van der Waals surface area contributed by atoms with E-state index >= 15 is 0 Å². The Kier molecular flexibility index (Phi) is 20.6. The highest BCUT2D eigenvalue weighted by Gasteiger charge is 2.71. The molecular formula is C62H110N5O10P. The molecule has 78 heavy (non-hydrogen) atoms. The molecule has 0 aromatic heterocycles. The van der Waals surface area contributed by atoms with Crippen LogP contribution < -0.4 is 10.6 Å². The molecule has 6 aliphatic rings. The van der Waals surface area contributed by atoms with Crippen LogP contribution in [0.5, 0.6) is 0 Å². The van der Waals surface area contributed by atoms with Crippen LogP contribution in [0.15, 0.2) is 12.2 Å². The van der Waals surface area contributed by atoms with Crippen molar-refractivity contribution in [3.63, 3.8) is 0 Å². The van der Waals surface area contributed by atoms with E-state index in [2.05, 4.69) is 72.6 Å². The first-order chi connectivity index (χ1) is 36.2. The second kappa shape index (κ2) is 24.8. The average molecular weight is 1120 g/mol. The molecule has 4 N–H and O–H groups in total. The van der Waals surface area contributed by atoms with Crippen LogP contribution in [-0.2, 0) is 37.7 Å². The minimum atomic E-state index is -4.62. The Morgan fingerprint density at radius 2 is 1.47 bits per heavy atom. The van der Waals surface area contributed by atoms with Crippen molar-refractivity contribution in [3.05, 3.63) is 12.2 Å². The van der Waals surface area contributed by atoms with Gasteiger partial charge in [0.1, 0.15) is 6.04 Å². The van der Waals surface area contributed by atoms with Crippen LogP contribution in [-0.4, -0.2) is 139 Å². The molecule has 4 amide bonds. The van der Waals surface area contributed by atoms with Gasteiger partial charge in [0.05, 0.1) is 48.8 Å². The highest BCUT2D eigenvalue weighted by molar-refractivity contribution is 7.46. The fraction of sp³-hybridized carbons (Fsp3) is 0.903. The van der Waals surface area contributed by atoms with Gasteiger partial charge < -0.3 is 39.7 Å². The number of amides is 4. The van der Waals surface area contributed by atoms with Crippen LogP contribution >= 0.6 is 7.82 Å². The van der Waals surface area contributed by atoms with Crippen molar-refractivity contribution in [3.8, 4) is 0 Å². The number of phosphoric acid groups is 1. The molecule has 15 nitrogen and oxygen atoms in total. The van der Waals surface area contributed by atoms with Crippen LogP contribution in [0.3, 0.4) is 0 Å². The number of hydrogen-bond donors (Lipinski definition) is 4. The van der Waals surface area contributed by atoms with Crippen LogP contribution in [0.1, 0.15) is 186 Å². The fourth-order valence-corrected chi connectivity index (χ4v) is 19.8. The summed E-state index contributed by atoms with van der Waals surface area (Å²) >= 11 is 0. The van der Waals surface area contributed by atoms with E-state index in [-0.39, 0.29) is 80.9 Å². The molecule has 0 aromatic rings. The van der Waals surface area contributed by atoms with Crippen molar-refractivity contribution in [2.75, 3.05) is 48.5 Å². The number of phosphoric ester groups is 1. The van der Waals surface area contributed by atoms with Crippen molar-refractivity contribution in [2.24, 2.45) is 80.3 Å². The number of nitrogens with one attached hydrogen (secondary N) is 2. The van der Waals surface area contributed by atoms with Crippen LogP contribution in [0.25, 0.3) is 0 Å². The van der Waals surface area contributed by atoms with Gasteiger partial charge in [-0.25, -0.2) is 4.57 Å². The first-order valence-electron chi connectivity index (χ1n) is 30.5. The molecule has 0 aromatic carbocycles. The highest BCUT2D eigenvalue weighted by Crippen LogP contribution is 2.78. The lowest BCUT2D eigenvalue weighted by atomic mass is 9.32. The number of hydrogen-bond acceptors (Lipinski definition) is 9. The molecule has 18 atom stereocenters. The Morgan fingerprint density at radius 3 is 2.04 bits per heavy atom. The zero-order chi connectivity index (χ0) is 58.4. The van der Waals surface area contributed by atoms with E-state index in [1.54, 1.807) is 26.2 Å². The second-order valence-electron chi connectivity index (χ2n) is 28.5. The Hall–Kier alpha value is -2.39. The highest BCUT2D eigenvalue weighted by atomic mass is 31.2. The largest absolute Gasteiger partial charge is 0.469 e. The SMILES string of the molecule is C=C(C)C1CC[C@]2(CCNC(=O)[C@H](C)[C@@H](OC)C3CCCN3C(=O)C[C@@H](OC)[C@H]([C@@H](C)CC)N(C)C(=O)C(NC(=O)[C@H](C(C)C)N(C)C)C(C)C)CC[C@]3(C)C(CCC4[C@@]5(C)CC[C@H](OP(=O)(O)O)C(C)(C)C5CC[C@]43C)C12. The van der Waals surface area contributed by atoms with Crippen molar-refractivity contribution < 1.29 is 47.5 Å². The van der Waals surface area contributed by atoms with Gasteiger partial charge in [-0.1, -0.05) is 102 Å². The normalized spacial score (nSPS) is 35.3. The molecule has 16 heteroatoms. The molecule has 0 spiro atoms. The maximum absolute atomic E-state index is 14.6. The number of ether oxygens (including phenoxy) is 2. The van der Waals surface area contributed by atoms with E-state index in [0.29, 0.717) is 55.5 Å². The van der Waals surface area contributed by atoms with E-state index in [4.69, 9.17) is 14.0 Å². The minimum Gasteiger partial charge on any atom is -0.379 e. The van der Waals surface area contributed by atoms with Gasteiger partial charge >= 0.3 is 7.82 Å². The van der Waals surface area contributed by atoms with Gasteiger partial charge in [-0.15, -0.1) is 0 Å². The Bertz CT molecular complexity index is 2180. The summed E-state index contributed by atoms with van der Waals surface area (Å²) < 4.78 is 30.0. The summed E-state index contributed by atoms with van der Waals surface area (Å²) in [5.74, 6) is 1.04. The number of methoxy groups -OCH3 is 2. The van der Waals surface area contributed by atoms with Gasteiger partial charge in [0.2, 0.25) is 23.6 Å². The van der Waals surface area contributed by atoms with E-state index in [1.165, 1.54) is 12.0 Å². The van der Waals surface area contributed by atoms with Crippen LogP contribution in [0.4, 0.5) is 0 Å². The van der Waals surface area contributed by atoms with E-state index < -0.39 is 50.2 Å². The molecule has 7 unspecified atom stereocenters. The third-order valence-corrected chi connectivity index (χ3v) is 23.8. The molecule has 1 aliphatic heterocycles. The Labute approximate surface area is 472 Å². The summed E-state index contributed by atoms with van der Waals surface area (Å²) in [5.41, 5.74) is 1.31. The summed E-state index contributed by atoms with van der Waals surface area (Å²) in [7, 11) is 4.14. The van der Waals surface area contributed by atoms with Gasteiger partial charge in [-0.05, 0) is 179 Å². The maximum Gasteiger partial charge on any atom is 0.469 e. The van der Waals surface area contributed by atoms with Crippen molar-refractivity contribution >= 4 is 31.5 Å². The van der Waals surface area contributed by atoms with E-state index in [1.807, 2.05) is 58.5 Å². The molecule has 1 saturated heterocycles. The monoisotopic (exact) mass is 1120 g/mol. The molecule has 448 valence electrons. The predicted molar refractivity (Wildman–Crippen MR) is 309 cm³/mol. The number of likely N-dealkylation sites (tertiary alicyclic amines) is 1. The van der Waals surface area contributed by atoms with E-state index in [0.717, 1.165) is 70.6 Å². The first kappa shape index (κ1) is 64.8. The number of likely N-dealkylation sites (N-methyl/N-ethyl adjacent to an activating group) is 2. The van der Waals surface area contributed by atoms with Crippen molar-refractivity contribution in [1.29, 1.82) is 0 Å². The van der Waals surface area contributed by atoms with Crippen molar-refractivity contribution in [1.82, 2.24) is 25.3 Å². The number of allylic oxidation sites excluding steroid dienone is 1. The summed E-state index contributed by atoms with van der Waals surface area (Å²) in [6, 6.07) is -1.91. The van der Waals surface area contributed by atoms with Crippen LogP contribution in [0.2, 0.25) is 0 Å². The van der Waals surface area contributed by atoms with E-state index in [9.17, 15) is 33.5 Å². The summed E-state index contributed by atoms with van der Waals surface area (Å²) in [5, 5.41) is 6.50. The summed E-state index contributed by atoms with van der Waals surface area (Å²) in [6.45, 7) is 34.1. The van der Waals surface area contributed by atoms with Crippen molar-refractivity contribution in [2.45, 2.75) is 229 Å². The number of fused-ring (bicyclic) bond motifs is 7. The average Bonchev–Trinajstić information content (AvgIpc) is 4.06. The first-order valence-corrected chi connectivity index (χ1v) is 32.0. The maximum atomic E-state index is 14.6. The minimum absolute atomic E-state index is 0.0201. The number of carbonyl (C=O) groups is 4. The molecule has 0 radical (unpaired) electrons. The third-order valence-electron chi connectivity index (χ3n) is 23.3. The summed E-state index contributed by atoms with van der Waals surface area (Å²) in [4.78, 5) is 82.4.